The van der Waals surface area contributed by atoms with Gasteiger partial charge in [-0.05, 0) is 18.1 Å². The summed E-state index contributed by atoms with van der Waals surface area (Å²) < 4.78 is 0.923. The molecule has 0 unspecified atom stereocenters. The van der Waals surface area contributed by atoms with Gasteiger partial charge in [0.15, 0.2) is 4.34 Å². The van der Waals surface area contributed by atoms with Crippen LogP contribution in [0.5, 0.6) is 0 Å². The zero-order valence-electron chi connectivity index (χ0n) is 9.04. The van der Waals surface area contributed by atoms with Gasteiger partial charge in [-0.15, -0.1) is 10.2 Å². The van der Waals surface area contributed by atoms with Crippen molar-refractivity contribution in [2.75, 3.05) is 0 Å². The first-order valence-electron chi connectivity index (χ1n) is 4.88. The van der Waals surface area contributed by atoms with E-state index in [4.69, 9.17) is 0 Å². The highest BCUT2D eigenvalue weighted by atomic mass is 32.2. The zero-order valence-corrected chi connectivity index (χ0v) is 10.7. The van der Waals surface area contributed by atoms with E-state index in [1.54, 1.807) is 47.4 Å². The molecule has 0 aliphatic heterocycles. The summed E-state index contributed by atoms with van der Waals surface area (Å²) in [4.78, 5) is 10.6. The van der Waals surface area contributed by atoms with Gasteiger partial charge in [0.25, 0.3) is 0 Å². The van der Waals surface area contributed by atoms with Crippen molar-refractivity contribution < 1.29 is 9.90 Å². The summed E-state index contributed by atoms with van der Waals surface area (Å²) in [5, 5.41) is 19.4. The highest BCUT2D eigenvalue weighted by Crippen LogP contribution is 2.25. The molecular formula is C11H9N2O2S2-. The third-order valence-electron chi connectivity index (χ3n) is 2.06. The van der Waals surface area contributed by atoms with Crippen LogP contribution >= 0.6 is 23.1 Å². The normalized spacial score (nSPS) is 10.4. The molecule has 0 N–H and O–H groups in total. The smallest absolute Gasteiger partial charge is 0.174 e. The molecule has 0 atom stereocenters. The number of aryl methyl sites for hydroxylation is 1. The zero-order chi connectivity index (χ0) is 12.3. The fourth-order valence-electron chi connectivity index (χ4n) is 1.22. The van der Waals surface area contributed by atoms with E-state index in [0.717, 1.165) is 20.7 Å². The van der Waals surface area contributed by atoms with Gasteiger partial charge >= 0.3 is 0 Å². The Morgan fingerprint density at radius 1 is 1.35 bits per heavy atom. The molecule has 1 aromatic heterocycles. The average Bonchev–Trinajstić information content (AvgIpc) is 2.73. The van der Waals surface area contributed by atoms with Gasteiger partial charge in [-0.25, -0.2) is 0 Å². The molecule has 0 bridgehead atoms. The van der Waals surface area contributed by atoms with E-state index < -0.39 is 5.97 Å². The maximum absolute atomic E-state index is 10.6. The highest BCUT2D eigenvalue weighted by Gasteiger charge is 2.02. The molecule has 2 aromatic rings. The van der Waals surface area contributed by atoms with Gasteiger partial charge in [-0.1, -0.05) is 47.4 Å². The molecule has 2 rings (SSSR count). The topological polar surface area (TPSA) is 65.9 Å². The highest BCUT2D eigenvalue weighted by molar-refractivity contribution is 8.00. The van der Waals surface area contributed by atoms with Gasteiger partial charge in [-0.2, -0.15) is 0 Å². The first kappa shape index (κ1) is 12.1. The second-order valence-corrected chi connectivity index (χ2v) is 5.76. The number of carboxylic acids is 1. The quantitative estimate of drug-likeness (QED) is 0.784. The summed E-state index contributed by atoms with van der Waals surface area (Å²) in [5.74, 6) is -0.397. The molecular weight excluding hydrogens is 256 g/mol. The molecule has 0 radical (unpaired) electrons. The lowest BCUT2D eigenvalue weighted by atomic mass is 10.1. The number of carbonyl (C=O) groups is 1. The summed E-state index contributed by atoms with van der Waals surface area (Å²) in [6, 6.07) is 6.67. The number of carboxylic acid groups (broad SMARTS) is 1. The van der Waals surface area contributed by atoms with E-state index in [0.29, 0.717) is 0 Å². The Morgan fingerprint density at radius 3 is 2.59 bits per heavy atom. The predicted octanol–water partition coefficient (Wildman–Crippen LogP) is 1.50. The largest absolute Gasteiger partial charge is 0.545 e. The molecule has 6 heteroatoms. The van der Waals surface area contributed by atoms with Gasteiger partial charge in [0, 0.05) is 5.75 Å². The number of nitrogens with zero attached hydrogens (tertiary/aromatic N) is 2. The summed E-state index contributed by atoms with van der Waals surface area (Å²) >= 11 is 3.14. The van der Waals surface area contributed by atoms with Crippen LogP contribution < -0.4 is 5.11 Å². The van der Waals surface area contributed by atoms with Crippen LogP contribution in [0.4, 0.5) is 0 Å². The van der Waals surface area contributed by atoms with Crippen LogP contribution in [0.2, 0.25) is 0 Å². The number of carbonyl (C=O) groups excluding carboxylic acids is 1. The molecule has 0 aliphatic rings. The SMILES string of the molecule is Cc1nnc(SCc2ccc(C(=O)[O-])cc2)s1. The minimum atomic E-state index is -1.15. The van der Waals surface area contributed by atoms with Crippen LogP contribution in [0.25, 0.3) is 0 Å². The molecule has 0 amide bonds. The van der Waals surface area contributed by atoms with Crippen molar-refractivity contribution in [1.82, 2.24) is 10.2 Å². The lowest BCUT2D eigenvalue weighted by Crippen LogP contribution is -2.21. The maximum atomic E-state index is 10.6. The first-order valence-corrected chi connectivity index (χ1v) is 6.68. The van der Waals surface area contributed by atoms with E-state index in [1.807, 2.05) is 6.92 Å². The molecule has 0 saturated carbocycles. The van der Waals surface area contributed by atoms with E-state index >= 15 is 0 Å². The first-order chi connectivity index (χ1) is 8.15. The number of thioether (sulfide) groups is 1. The Kier molecular flexibility index (Phi) is 3.75. The van der Waals surface area contributed by atoms with Gasteiger partial charge in [-0.3, -0.25) is 0 Å². The van der Waals surface area contributed by atoms with Crippen LogP contribution in [0.3, 0.4) is 0 Å². The predicted molar refractivity (Wildman–Crippen MR) is 65.0 cm³/mol. The minimum Gasteiger partial charge on any atom is -0.545 e. The number of hydrogen-bond donors (Lipinski definition) is 0. The number of hydrogen-bond acceptors (Lipinski definition) is 6. The number of rotatable bonds is 4. The molecule has 1 heterocycles. The molecule has 88 valence electrons. The Balaban J connectivity index is 1.97. The molecule has 0 spiro atoms. The van der Waals surface area contributed by atoms with Crippen molar-refractivity contribution in [2.45, 2.75) is 17.0 Å². The Bertz CT molecular complexity index is 523. The van der Waals surface area contributed by atoms with E-state index in [9.17, 15) is 9.90 Å². The molecule has 0 aliphatic carbocycles. The lowest BCUT2D eigenvalue weighted by molar-refractivity contribution is -0.255. The second kappa shape index (κ2) is 5.29. The van der Waals surface area contributed by atoms with E-state index in [-0.39, 0.29) is 5.56 Å². The van der Waals surface area contributed by atoms with Crippen LogP contribution in [-0.4, -0.2) is 16.2 Å². The lowest BCUT2D eigenvalue weighted by Gasteiger charge is -2.03. The fourth-order valence-corrected chi connectivity index (χ4v) is 2.99. The van der Waals surface area contributed by atoms with Gasteiger partial charge < -0.3 is 9.90 Å². The van der Waals surface area contributed by atoms with Crippen molar-refractivity contribution in [3.8, 4) is 0 Å². The minimum absolute atomic E-state index is 0.200. The van der Waals surface area contributed by atoms with Crippen molar-refractivity contribution >= 4 is 29.1 Å². The van der Waals surface area contributed by atoms with Crippen molar-refractivity contribution in [3.05, 3.63) is 40.4 Å². The average molecular weight is 265 g/mol. The summed E-state index contributed by atoms with van der Waals surface area (Å²) in [5.41, 5.74) is 1.25. The van der Waals surface area contributed by atoms with Crippen LogP contribution in [0.15, 0.2) is 28.6 Å². The maximum Gasteiger partial charge on any atom is 0.174 e. The van der Waals surface area contributed by atoms with Crippen LogP contribution in [-0.2, 0) is 5.75 Å². The van der Waals surface area contributed by atoms with E-state index in [2.05, 4.69) is 10.2 Å². The van der Waals surface area contributed by atoms with Crippen molar-refractivity contribution in [3.63, 3.8) is 0 Å². The van der Waals surface area contributed by atoms with Gasteiger partial charge in [0.05, 0.1) is 5.97 Å². The van der Waals surface area contributed by atoms with Gasteiger partial charge in [0.1, 0.15) is 5.01 Å². The third kappa shape index (κ3) is 3.28. The molecule has 17 heavy (non-hydrogen) atoms. The third-order valence-corrected chi connectivity index (χ3v) is 4.10. The molecule has 4 nitrogen and oxygen atoms in total. The Labute approximate surface area is 107 Å². The Morgan fingerprint density at radius 2 is 2.06 bits per heavy atom. The number of aromatic nitrogens is 2. The molecule has 0 fully saturated rings. The summed E-state index contributed by atoms with van der Waals surface area (Å²) in [7, 11) is 0. The van der Waals surface area contributed by atoms with Gasteiger partial charge in [0.2, 0.25) is 0 Å². The van der Waals surface area contributed by atoms with E-state index in [1.165, 1.54) is 0 Å². The van der Waals surface area contributed by atoms with Crippen LogP contribution in [0.1, 0.15) is 20.9 Å². The monoisotopic (exact) mass is 265 g/mol. The standard InChI is InChI=1S/C11H10N2O2S2/c1-7-12-13-11(17-7)16-6-8-2-4-9(5-3-8)10(14)15/h2-5H,6H2,1H3,(H,14,15)/p-1. The van der Waals surface area contributed by atoms with Crippen molar-refractivity contribution in [1.29, 1.82) is 0 Å². The number of benzene rings is 1. The Hall–Kier alpha value is -1.40. The van der Waals surface area contributed by atoms with Crippen molar-refractivity contribution in [2.24, 2.45) is 0 Å². The summed E-state index contributed by atoms with van der Waals surface area (Å²) in [6.07, 6.45) is 0. The van der Waals surface area contributed by atoms with Crippen LogP contribution in [0, 0.1) is 6.92 Å². The molecule has 0 saturated heterocycles. The molecule has 1 aromatic carbocycles. The second-order valence-electron chi connectivity index (χ2n) is 3.36. The summed E-state index contributed by atoms with van der Waals surface area (Å²) in [6.45, 7) is 1.91. The fraction of sp³-hybridized carbons (Fsp3) is 0.182. The number of aromatic carboxylic acids is 1.